The first kappa shape index (κ1) is 16.2. The molecule has 0 radical (unpaired) electrons. The molecule has 3 N–H and O–H groups in total. The highest BCUT2D eigenvalue weighted by molar-refractivity contribution is 14.0. The van der Waals surface area contributed by atoms with Crippen molar-refractivity contribution >= 4 is 29.9 Å². The summed E-state index contributed by atoms with van der Waals surface area (Å²) in [5, 5.41) is 3.33. The number of hydrogen-bond acceptors (Lipinski definition) is 2. The van der Waals surface area contributed by atoms with E-state index in [2.05, 4.69) is 15.3 Å². The molecule has 1 saturated carbocycles. The van der Waals surface area contributed by atoms with Crippen LogP contribution in [0.25, 0.3) is 0 Å². The van der Waals surface area contributed by atoms with Crippen LogP contribution in [0.3, 0.4) is 0 Å². The zero-order valence-electron chi connectivity index (χ0n) is 11.2. The van der Waals surface area contributed by atoms with Gasteiger partial charge in [-0.15, -0.1) is 24.0 Å². The van der Waals surface area contributed by atoms with Gasteiger partial charge in [-0.2, -0.15) is 0 Å². The highest BCUT2D eigenvalue weighted by atomic mass is 127. The van der Waals surface area contributed by atoms with Crippen molar-refractivity contribution in [2.24, 2.45) is 10.7 Å². The zero-order valence-corrected chi connectivity index (χ0v) is 13.5. The first-order valence-corrected chi connectivity index (χ1v) is 6.81. The van der Waals surface area contributed by atoms with E-state index in [0.717, 1.165) is 5.69 Å². The number of hydrogen-bond donors (Lipinski definition) is 2. The Balaban J connectivity index is 0.00000180. The van der Waals surface area contributed by atoms with E-state index in [1.54, 1.807) is 6.20 Å². The minimum absolute atomic E-state index is 0. The van der Waals surface area contributed by atoms with Gasteiger partial charge in [-0.3, -0.25) is 4.98 Å². The van der Waals surface area contributed by atoms with E-state index in [1.165, 1.54) is 38.5 Å². The zero-order chi connectivity index (χ0) is 12.6. The number of halogens is 1. The first-order valence-electron chi connectivity index (χ1n) is 6.81. The Hall–Kier alpha value is -0.850. The minimum atomic E-state index is 0. The van der Waals surface area contributed by atoms with Gasteiger partial charge in [0.1, 0.15) is 0 Å². The van der Waals surface area contributed by atoms with Crippen molar-refractivity contribution in [3.63, 3.8) is 0 Å². The third-order valence-electron chi connectivity index (χ3n) is 3.34. The number of guanidine groups is 1. The van der Waals surface area contributed by atoms with E-state index in [9.17, 15) is 0 Å². The number of rotatable bonds is 3. The fraction of sp³-hybridized carbons (Fsp3) is 0.571. The number of nitrogens with two attached hydrogens (primary N) is 1. The van der Waals surface area contributed by atoms with Crippen LogP contribution in [0.2, 0.25) is 0 Å². The molecule has 0 amide bonds. The van der Waals surface area contributed by atoms with Crippen molar-refractivity contribution in [3.8, 4) is 0 Å². The summed E-state index contributed by atoms with van der Waals surface area (Å²) >= 11 is 0. The van der Waals surface area contributed by atoms with Crippen molar-refractivity contribution < 1.29 is 0 Å². The average molecular weight is 374 g/mol. The van der Waals surface area contributed by atoms with Crippen molar-refractivity contribution in [2.45, 2.75) is 51.1 Å². The van der Waals surface area contributed by atoms with Gasteiger partial charge in [-0.1, -0.05) is 31.7 Å². The summed E-state index contributed by atoms with van der Waals surface area (Å²) in [6, 6.07) is 6.33. The van der Waals surface area contributed by atoms with Crippen molar-refractivity contribution in [3.05, 3.63) is 30.1 Å². The molecule has 5 heteroatoms. The van der Waals surface area contributed by atoms with E-state index < -0.39 is 0 Å². The van der Waals surface area contributed by atoms with Crippen molar-refractivity contribution in [1.82, 2.24) is 10.3 Å². The summed E-state index contributed by atoms with van der Waals surface area (Å²) in [4.78, 5) is 8.56. The lowest BCUT2D eigenvalue weighted by Gasteiger charge is -2.16. The van der Waals surface area contributed by atoms with Gasteiger partial charge in [-0.05, 0) is 25.0 Å². The molecule has 1 heterocycles. The van der Waals surface area contributed by atoms with Crippen LogP contribution < -0.4 is 11.1 Å². The Labute approximate surface area is 132 Å². The van der Waals surface area contributed by atoms with Crippen LogP contribution >= 0.6 is 24.0 Å². The lowest BCUT2D eigenvalue weighted by molar-refractivity contribution is 0.530. The summed E-state index contributed by atoms with van der Waals surface area (Å²) in [7, 11) is 0. The third-order valence-corrected chi connectivity index (χ3v) is 3.34. The van der Waals surface area contributed by atoms with Gasteiger partial charge in [0.15, 0.2) is 5.96 Å². The molecule has 0 atom stereocenters. The molecule has 1 aliphatic rings. The second-order valence-electron chi connectivity index (χ2n) is 4.86. The number of pyridine rings is 1. The van der Waals surface area contributed by atoms with Crippen LogP contribution in [0.15, 0.2) is 29.4 Å². The molecule has 1 fully saturated rings. The second-order valence-corrected chi connectivity index (χ2v) is 4.86. The summed E-state index contributed by atoms with van der Waals surface area (Å²) in [5.74, 6) is 0.549. The standard InChI is InChI=1S/C14H22N4.HI/c15-14(17-11-13-9-5-6-10-16-13)18-12-7-3-1-2-4-8-12;/h5-6,9-10,12H,1-4,7-8,11H2,(H3,15,17,18);1H. The van der Waals surface area contributed by atoms with Gasteiger partial charge in [0, 0.05) is 12.2 Å². The molecule has 1 aromatic rings. The van der Waals surface area contributed by atoms with Crippen LogP contribution in [0.1, 0.15) is 44.2 Å². The molecule has 0 unspecified atom stereocenters. The summed E-state index contributed by atoms with van der Waals surface area (Å²) in [6.45, 7) is 0.548. The normalized spacial score (nSPS) is 17.4. The average Bonchev–Trinajstić information content (AvgIpc) is 2.66. The molecule has 1 aliphatic carbocycles. The Morgan fingerprint density at radius 1 is 1.26 bits per heavy atom. The first-order chi connectivity index (χ1) is 8.84. The molecule has 0 aliphatic heterocycles. The summed E-state index contributed by atoms with van der Waals surface area (Å²) < 4.78 is 0. The fourth-order valence-corrected chi connectivity index (χ4v) is 2.34. The number of aliphatic imine (C=N–C) groups is 1. The van der Waals surface area contributed by atoms with E-state index in [-0.39, 0.29) is 24.0 Å². The molecule has 0 spiro atoms. The molecule has 1 aromatic heterocycles. The summed E-state index contributed by atoms with van der Waals surface area (Å²) in [5.41, 5.74) is 6.86. The lowest BCUT2D eigenvalue weighted by atomic mass is 10.1. The molecule has 0 saturated heterocycles. The molecular weight excluding hydrogens is 351 g/mol. The van der Waals surface area contributed by atoms with Crippen LogP contribution in [0, 0.1) is 0 Å². The van der Waals surface area contributed by atoms with E-state index >= 15 is 0 Å². The van der Waals surface area contributed by atoms with Gasteiger partial charge >= 0.3 is 0 Å². The topological polar surface area (TPSA) is 63.3 Å². The van der Waals surface area contributed by atoms with Crippen LogP contribution in [-0.4, -0.2) is 17.0 Å². The molecular formula is C14H23IN4. The third kappa shape index (κ3) is 6.22. The Bertz CT molecular complexity index is 372. The smallest absolute Gasteiger partial charge is 0.189 e. The minimum Gasteiger partial charge on any atom is -0.370 e. The van der Waals surface area contributed by atoms with Crippen LogP contribution in [-0.2, 0) is 6.54 Å². The SMILES string of the molecule is I.NC(=NCc1ccccn1)NC1CCCCCC1. The van der Waals surface area contributed by atoms with Gasteiger partial charge in [0.25, 0.3) is 0 Å². The van der Waals surface area contributed by atoms with Gasteiger partial charge in [0.05, 0.1) is 12.2 Å². The Morgan fingerprint density at radius 2 is 2.00 bits per heavy atom. The Morgan fingerprint density at radius 3 is 2.63 bits per heavy atom. The number of aromatic nitrogens is 1. The molecule has 0 aromatic carbocycles. The fourth-order valence-electron chi connectivity index (χ4n) is 2.34. The van der Waals surface area contributed by atoms with Crippen LogP contribution in [0.4, 0.5) is 0 Å². The highest BCUT2D eigenvalue weighted by Gasteiger charge is 2.12. The molecule has 106 valence electrons. The monoisotopic (exact) mass is 374 g/mol. The molecule has 2 rings (SSSR count). The van der Waals surface area contributed by atoms with Gasteiger partial charge in [0.2, 0.25) is 0 Å². The maximum Gasteiger partial charge on any atom is 0.189 e. The summed E-state index contributed by atoms with van der Waals surface area (Å²) in [6.07, 6.45) is 9.49. The maximum absolute atomic E-state index is 5.91. The molecule has 4 nitrogen and oxygen atoms in total. The van der Waals surface area contributed by atoms with E-state index in [0.29, 0.717) is 18.5 Å². The second kappa shape index (κ2) is 9.12. The lowest BCUT2D eigenvalue weighted by Crippen LogP contribution is -2.39. The van der Waals surface area contributed by atoms with Crippen molar-refractivity contribution in [1.29, 1.82) is 0 Å². The van der Waals surface area contributed by atoms with E-state index in [1.807, 2.05) is 18.2 Å². The molecule has 19 heavy (non-hydrogen) atoms. The van der Waals surface area contributed by atoms with E-state index in [4.69, 9.17) is 5.73 Å². The number of nitrogens with zero attached hydrogens (tertiary/aromatic N) is 2. The number of nitrogens with one attached hydrogen (secondary N) is 1. The maximum atomic E-state index is 5.91. The quantitative estimate of drug-likeness (QED) is 0.370. The Kier molecular flexibility index (Phi) is 7.78. The molecule has 0 bridgehead atoms. The van der Waals surface area contributed by atoms with Crippen LogP contribution in [0.5, 0.6) is 0 Å². The van der Waals surface area contributed by atoms with Gasteiger partial charge in [-0.25, -0.2) is 4.99 Å². The predicted octanol–water partition coefficient (Wildman–Crippen LogP) is 2.83. The largest absolute Gasteiger partial charge is 0.370 e. The van der Waals surface area contributed by atoms with Crippen molar-refractivity contribution in [2.75, 3.05) is 0 Å². The van der Waals surface area contributed by atoms with Gasteiger partial charge < -0.3 is 11.1 Å². The highest BCUT2D eigenvalue weighted by Crippen LogP contribution is 2.16. The predicted molar refractivity (Wildman–Crippen MR) is 89.6 cm³/mol.